The number of nitrogens with one attached hydrogen (secondary N) is 3. The molecule has 3 rings (SSSR count). The van der Waals surface area contributed by atoms with Gasteiger partial charge in [0.2, 0.25) is 0 Å². The number of halogens is 1. The number of rotatable bonds is 6. The van der Waals surface area contributed by atoms with Gasteiger partial charge in [-0.25, -0.2) is 9.97 Å². The van der Waals surface area contributed by atoms with Crippen molar-refractivity contribution in [2.24, 2.45) is 0 Å². The van der Waals surface area contributed by atoms with Crippen LogP contribution in [0.15, 0.2) is 35.7 Å². The summed E-state index contributed by atoms with van der Waals surface area (Å²) in [5.74, 6) is 1.72. The van der Waals surface area contributed by atoms with Crippen molar-refractivity contribution >= 4 is 45.8 Å². The largest absolute Gasteiger partial charge is 0.495 e. The third-order valence-corrected chi connectivity index (χ3v) is 4.85. The molecule has 0 fully saturated rings. The molecule has 0 saturated carbocycles. The normalized spacial score (nSPS) is 10.5. The summed E-state index contributed by atoms with van der Waals surface area (Å²) in [7, 11) is 3.35. The van der Waals surface area contributed by atoms with Gasteiger partial charge in [-0.15, -0.1) is 11.3 Å². The predicted octanol–water partition coefficient (Wildman–Crippen LogP) is 5.04. The van der Waals surface area contributed by atoms with Crippen molar-refractivity contribution in [3.8, 4) is 16.5 Å². The minimum absolute atomic E-state index is 0.353. The average molecular weight is 388 g/mol. The molecule has 6 nitrogen and oxygen atoms in total. The molecule has 134 valence electrons. The Morgan fingerprint density at radius 3 is 2.69 bits per heavy atom. The number of benzene rings is 1. The number of thiophene rings is 1. The molecule has 0 aliphatic heterocycles. The smallest absolute Gasteiger partial charge is 0.172 e. The van der Waals surface area contributed by atoms with Crippen molar-refractivity contribution in [2.45, 2.75) is 6.92 Å². The van der Waals surface area contributed by atoms with Crippen LogP contribution in [-0.4, -0.2) is 29.8 Å². The maximum atomic E-state index is 8.08. The second-order valence-electron chi connectivity index (χ2n) is 5.45. The summed E-state index contributed by atoms with van der Waals surface area (Å²) in [6.45, 7) is 1.70. The van der Waals surface area contributed by atoms with Crippen molar-refractivity contribution in [1.82, 2.24) is 9.97 Å². The first kappa shape index (κ1) is 18.2. The number of anilines is 3. The molecule has 0 unspecified atom stereocenters. The fourth-order valence-electron chi connectivity index (χ4n) is 2.45. The minimum atomic E-state index is 0.353. The van der Waals surface area contributed by atoms with Crippen LogP contribution in [0.25, 0.3) is 10.7 Å². The highest BCUT2D eigenvalue weighted by Gasteiger charge is 2.17. The lowest BCUT2D eigenvalue weighted by molar-refractivity contribution is 0.415. The van der Waals surface area contributed by atoms with E-state index in [4.69, 9.17) is 21.7 Å². The van der Waals surface area contributed by atoms with Gasteiger partial charge < -0.3 is 20.8 Å². The van der Waals surface area contributed by atoms with E-state index < -0.39 is 0 Å². The van der Waals surface area contributed by atoms with E-state index in [1.807, 2.05) is 23.6 Å². The van der Waals surface area contributed by atoms with Crippen LogP contribution >= 0.6 is 22.9 Å². The summed E-state index contributed by atoms with van der Waals surface area (Å²) < 4.78 is 5.27. The number of hydrogen-bond acceptors (Lipinski definition) is 7. The van der Waals surface area contributed by atoms with Gasteiger partial charge in [-0.1, -0.05) is 17.7 Å². The molecule has 8 heteroatoms. The Morgan fingerprint density at radius 1 is 1.27 bits per heavy atom. The van der Waals surface area contributed by atoms with Gasteiger partial charge in [0.05, 0.1) is 22.7 Å². The molecule has 0 saturated heterocycles. The minimum Gasteiger partial charge on any atom is -0.495 e. The third kappa shape index (κ3) is 3.63. The van der Waals surface area contributed by atoms with Gasteiger partial charge in [-0.05, 0) is 30.5 Å². The van der Waals surface area contributed by atoms with Crippen LogP contribution in [0.2, 0.25) is 5.02 Å². The molecule has 0 atom stereocenters. The molecule has 0 spiro atoms. The van der Waals surface area contributed by atoms with Crippen LogP contribution in [0, 0.1) is 5.41 Å². The fourth-order valence-corrected chi connectivity index (χ4v) is 3.30. The summed E-state index contributed by atoms with van der Waals surface area (Å²) in [6, 6.07) is 9.30. The zero-order chi connectivity index (χ0) is 18.7. The first-order chi connectivity index (χ1) is 12.5. The molecule has 0 amide bonds. The summed E-state index contributed by atoms with van der Waals surface area (Å²) in [5, 5.41) is 17.0. The molecule has 0 bridgehead atoms. The molecule has 1 aromatic carbocycles. The summed E-state index contributed by atoms with van der Waals surface area (Å²) in [4.78, 5) is 10.2. The van der Waals surface area contributed by atoms with Crippen LogP contribution < -0.4 is 15.4 Å². The molecule has 2 heterocycles. The van der Waals surface area contributed by atoms with E-state index in [0.717, 1.165) is 10.6 Å². The first-order valence-electron chi connectivity index (χ1n) is 7.83. The van der Waals surface area contributed by atoms with Gasteiger partial charge in [-0.2, -0.15) is 0 Å². The molecule has 2 aromatic heterocycles. The monoisotopic (exact) mass is 387 g/mol. The van der Waals surface area contributed by atoms with Crippen LogP contribution in [0.4, 0.5) is 17.2 Å². The van der Waals surface area contributed by atoms with Gasteiger partial charge >= 0.3 is 0 Å². The van der Waals surface area contributed by atoms with E-state index in [1.165, 1.54) is 0 Å². The molecule has 3 N–H and O–H groups in total. The van der Waals surface area contributed by atoms with Gasteiger partial charge in [0, 0.05) is 18.8 Å². The van der Waals surface area contributed by atoms with E-state index in [9.17, 15) is 0 Å². The van der Waals surface area contributed by atoms with Crippen molar-refractivity contribution in [1.29, 1.82) is 5.41 Å². The number of nitrogens with zero attached hydrogens (tertiary/aromatic N) is 2. The molecule has 0 aliphatic carbocycles. The van der Waals surface area contributed by atoms with Gasteiger partial charge in [0.25, 0.3) is 0 Å². The lowest BCUT2D eigenvalue weighted by Gasteiger charge is -2.16. The van der Waals surface area contributed by atoms with Crippen LogP contribution in [0.1, 0.15) is 12.6 Å². The summed E-state index contributed by atoms with van der Waals surface area (Å²) >= 11 is 7.65. The zero-order valence-electron chi connectivity index (χ0n) is 14.6. The van der Waals surface area contributed by atoms with E-state index in [0.29, 0.717) is 39.5 Å². The summed E-state index contributed by atoms with van der Waals surface area (Å²) in [6.07, 6.45) is 0. The highest BCUT2D eigenvalue weighted by Crippen LogP contribution is 2.33. The topological polar surface area (TPSA) is 82.9 Å². The van der Waals surface area contributed by atoms with Crippen molar-refractivity contribution in [3.05, 3.63) is 46.4 Å². The van der Waals surface area contributed by atoms with Crippen LogP contribution in [-0.2, 0) is 0 Å². The van der Waals surface area contributed by atoms with Crippen molar-refractivity contribution < 1.29 is 4.74 Å². The highest BCUT2D eigenvalue weighted by atomic mass is 35.5. The van der Waals surface area contributed by atoms with Gasteiger partial charge in [0.15, 0.2) is 11.6 Å². The SMILES string of the molecule is CNc1c(Nc2ccc(Cl)c(OC)c2)nc(-c2cccs2)nc1C(C)=N. The molecule has 0 aliphatic rings. The zero-order valence-corrected chi connectivity index (χ0v) is 16.1. The molecular formula is C18H18ClN5OS. The molecule has 0 radical (unpaired) electrons. The average Bonchev–Trinajstić information content (AvgIpc) is 3.17. The van der Waals surface area contributed by atoms with Crippen LogP contribution in [0.5, 0.6) is 5.75 Å². The van der Waals surface area contributed by atoms with Crippen molar-refractivity contribution in [2.75, 3.05) is 24.8 Å². The Morgan fingerprint density at radius 2 is 2.08 bits per heavy atom. The standard InChI is InChI=1S/C18H18ClN5OS/c1-10(20)15-16(21-2)18(24-17(23-15)14-5-4-8-26-14)22-11-6-7-12(19)13(9-11)25-3/h4-9,20-21H,1-3H3,(H,22,23,24). The Bertz CT molecular complexity index is 943. The predicted molar refractivity (Wildman–Crippen MR) is 109 cm³/mol. The van der Waals surface area contributed by atoms with Crippen molar-refractivity contribution in [3.63, 3.8) is 0 Å². The molecule has 26 heavy (non-hydrogen) atoms. The Balaban J connectivity index is 2.11. The third-order valence-electron chi connectivity index (χ3n) is 3.67. The van der Waals surface area contributed by atoms with Crippen LogP contribution in [0.3, 0.4) is 0 Å². The quantitative estimate of drug-likeness (QED) is 0.516. The van der Waals surface area contributed by atoms with E-state index in [1.54, 1.807) is 44.6 Å². The fraction of sp³-hybridized carbons (Fsp3) is 0.167. The number of aromatic nitrogens is 2. The molecular weight excluding hydrogens is 370 g/mol. The maximum Gasteiger partial charge on any atom is 0.172 e. The van der Waals surface area contributed by atoms with E-state index >= 15 is 0 Å². The number of ether oxygens (including phenoxy) is 1. The second kappa shape index (κ2) is 7.72. The second-order valence-corrected chi connectivity index (χ2v) is 6.80. The highest BCUT2D eigenvalue weighted by molar-refractivity contribution is 7.13. The number of methoxy groups -OCH3 is 1. The van der Waals surface area contributed by atoms with E-state index in [-0.39, 0.29) is 0 Å². The van der Waals surface area contributed by atoms with Gasteiger partial charge in [-0.3, -0.25) is 0 Å². The maximum absolute atomic E-state index is 8.08. The Hall–Kier alpha value is -2.64. The van der Waals surface area contributed by atoms with Gasteiger partial charge in [0.1, 0.15) is 17.1 Å². The lowest BCUT2D eigenvalue weighted by atomic mass is 10.2. The first-order valence-corrected chi connectivity index (χ1v) is 9.09. The molecule has 3 aromatic rings. The Labute approximate surface area is 160 Å². The Kier molecular flexibility index (Phi) is 5.39. The number of hydrogen-bond donors (Lipinski definition) is 3. The van der Waals surface area contributed by atoms with E-state index in [2.05, 4.69) is 20.6 Å². The summed E-state index contributed by atoms with van der Waals surface area (Å²) in [5.41, 5.74) is 2.33. The lowest BCUT2D eigenvalue weighted by Crippen LogP contribution is -2.10.